The van der Waals surface area contributed by atoms with Crippen molar-refractivity contribution in [2.24, 2.45) is 0 Å². The summed E-state index contributed by atoms with van der Waals surface area (Å²) in [6, 6.07) is 0.601. The van der Waals surface area contributed by atoms with Gasteiger partial charge in [0.15, 0.2) is 0 Å². The maximum Gasteiger partial charge on any atom is 0.315 e. The summed E-state index contributed by atoms with van der Waals surface area (Å²) in [5, 5.41) is 6.26. The van der Waals surface area contributed by atoms with Crippen LogP contribution in [0.5, 0.6) is 0 Å². The Bertz CT molecular complexity index is 209. The lowest BCUT2D eigenvalue weighted by atomic mass is 10.1. The molecule has 2 saturated heterocycles. The van der Waals surface area contributed by atoms with Crippen LogP contribution in [0.4, 0.5) is 4.79 Å². The minimum absolute atomic E-state index is 0.0165. The molecule has 0 saturated carbocycles. The highest BCUT2D eigenvalue weighted by Gasteiger charge is 2.43. The summed E-state index contributed by atoms with van der Waals surface area (Å²) in [4.78, 5) is 13.1. The van der Waals surface area contributed by atoms with E-state index in [9.17, 15) is 4.79 Å². The van der Waals surface area contributed by atoms with Gasteiger partial charge in [-0.25, -0.2) is 4.79 Å². The van der Waals surface area contributed by atoms with E-state index in [0.717, 1.165) is 5.75 Å². The minimum Gasteiger partial charge on any atom is -0.332 e. The topological polar surface area (TPSA) is 44.4 Å². The molecule has 2 aliphatic rings. The Balaban J connectivity index is 2.08. The fourth-order valence-corrected chi connectivity index (χ4v) is 3.20. The molecule has 0 aromatic carbocycles. The molecule has 4 nitrogen and oxygen atoms in total. The van der Waals surface area contributed by atoms with E-state index in [2.05, 4.69) is 15.5 Å². The molecule has 2 fully saturated rings. The van der Waals surface area contributed by atoms with Gasteiger partial charge in [-0.3, -0.25) is 4.90 Å². The van der Waals surface area contributed by atoms with E-state index in [-0.39, 0.29) is 12.1 Å². The van der Waals surface area contributed by atoms with Gasteiger partial charge in [0.1, 0.15) is 0 Å². The smallest absolute Gasteiger partial charge is 0.315 e. The van der Waals surface area contributed by atoms with Crippen molar-refractivity contribution in [3.63, 3.8) is 0 Å². The molecule has 0 aromatic heterocycles. The summed E-state index contributed by atoms with van der Waals surface area (Å²) in [6.45, 7) is 0. The number of rotatable bonds is 1. The van der Waals surface area contributed by atoms with Crippen molar-refractivity contribution in [2.75, 3.05) is 19.8 Å². The Morgan fingerprint density at radius 2 is 2.25 bits per heavy atom. The molecule has 3 atom stereocenters. The van der Waals surface area contributed by atoms with E-state index >= 15 is 0 Å². The predicted molar refractivity (Wildman–Crippen MR) is 49.2 cm³/mol. The lowest BCUT2D eigenvalue weighted by molar-refractivity contribution is 0.245. The fraction of sp³-hybridized carbons (Fsp3) is 0.857. The maximum atomic E-state index is 11.0. The van der Waals surface area contributed by atoms with Crippen LogP contribution in [0.25, 0.3) is 0 Å². The summed E-state index contributed by atoms with van der Waals surface area (Å²) in [6.07, 6.45) is 0. The number of amides is 2. The molecule has 12 heavy (non-hydrogen) atoms. The number of carbonyl (C=O) groups excluding carboxylic acids is 1. The van der Waals surface area contributed by atoms with Crippen molar-refractivity contribution < 1.29 is 4.79 Å². The van der Waals surface area contributed by atoms with E-state index in [1.165, 1.54) is 0 Å². The summed E-state index contributed by atoms with van der Waals surface area (Å²) in [7, 11) is 4.09. The number of hydrogen-bond donors (Lipinski definition) is 2. The molecule has 68 valence electrons. The van der Waals surface area contributed by atoms with Crippen LogP contribution in [0.1, 0.15) is 0 Å². The standard InChI is InChI=1S/C7H13N3OS/c1-10(2)6-5-4(3-12-6)8-7(11)9-5/h4-6H,3H2,1-2H3,(H2,8,9,11). The molecule has 3 unspecified atom stereocenters. The van der Waals surface area contributed by atoms with Gasteiger partial charge >= 0.3 is 6.03 Å². The van der Waals surface area contributed by atoms with Crippen LogP contribution in [-0.2, 0) is 0 Å². The molecule has 2 aliphatic heterocycles. The molecule has 0 aromatic rings. The molecule has 0 bridgehead atoms. The van der Waals surface area contributed by atoms with Crippen LogP contribution in [0.15, 0.2) is 0 Å². The number of hydrogen-bond acceptors (Lipinski definition) is 3. The first-order valence-corrected chi connectivity index (χ1v) is 5.08. The zero-order valence-corrected chi connectivity index (χ0v) is 8.02. The van der Waals surface area contributed by atoms with Crippen LogP contribution >= 0.6 is 11.8 Å². The second-order valence-electron chi connectivity index (χ2n) is 3.44. The molecule has 0 radical (unpaired) electrons. The normalized spacial score (nSPS) is 39.6. The van der Waals surface area contributed by atoms with E-state index in [1.807, 2.05) is 25.9 Å². The average molecular weight is 187 g/mol. The maximum absolute atomic E-state index is 11.0. The van der Waals surface area contributed by atoms with Crippen molar-refractivity contribution in [1.29, 1.82) is 0 Å². The molecule has 5 heteroatoms. The molecular formula is C7H13N3OS. The van der Waals surface area contributed by atoms with Gasteiger partial charge in [-0.15, -0.1) is 11.8 Å². The van der Waals surface area contributed by atoms with Crippen molar-refractivity contribution >= 4 is 17.8 Å². The highest BCUT2D eigenvalue weighted by atomic mass is 32.2. The van der Waals surface area contributed by atoms with Gasteiger partial charge in [-0.05, 0) is 14.1 Å². The second kappa shape index (κ2) is 2.81. The van der Waals surface area contributed by atoms with Gasteiger partial charge in [-0.1, -0.05) is 0 Å². The zero-order chi connectivity index (χ0) is 8.72. The van der Waals surface area contributed by atoms with Crippen LogP contribution in [0.2, 0.25) is 0 Å². The Kier molecular flexibility index (Phi) is 1.92. The monoisotopic (exact) mass is 187 g/mol. The first kappa shape index (κ1) is 8.19. The van der Waals surface area contributed by atoms with Crippen molar-refractivity contribution in [2.45, 2.75) is 17.5 Å². The van der Waals surface area contributed by atoms with E-state index in [1.54, 1.807) is 0 Å². The first-order chi connectivity index (χ1) is 5.68. The number of nitrogens with one attached hydrogen (secondary N) is 2. The van der Waals surface area contributed by atoms with Crippen molar-refractivity contribution in [3.05, 3.63) is 0 Å². The van der Waals surface area contributed by atoms with Crippen molar-refractivity contribution in [3.8, 4) is 0 Å². The van der Waals surface area contributed by atoms with Gasteiger partial charge in [0.05, 0.1) is 17.5 Å². The average Bonchev–Trinajstić information content (AvgIpc) is 2.43. The fourth-order valence-electron chi connectivity index (χ4n) is 1.74. The third-order valence-electron chi connectivity index (χ3n) is 2.31. The van der Waals surface area contributed by atoms with Gasteiger partial charge in [0.2, 0.25) is 0 Å². The highest BCUT2D eigenvalue weighted by molar-refractivity contribution is 8.00. The largest absolute Gasteiger partial charge is 0.332 e. The molecule has 2 rings (SSSR count). The molecule has 2 heterocycles. The SMILES string of the molecule is CN(C)C1SCC2NC(=O)NC21. The lowest BCUT2D eigenvalue weighted by Gasteiger charge is -2.23. The van der Waals surface area contributed by atoms with Gasteiger partial charge in [0.25, 0.3) is 0 Å². The Morgan fingerprint density at radius 3 is 2.92 bits per heavy atom. The van der Waals surface area contributed by atoms with Crippen LogP contribution < -0.4 is 10.6 Å². The number of carbonyl (C=O) groups is 1. The van der Waals surface area contributed by atoms with Gasteiger partial charge in [0, 0.05) is 5.75 Å². The number of fused-ring (bicyclic) bond motifs is 1. The summed E-state index contributed by atoms with van der Waals surface area (Å²) in [5.74, 6) is 1.02. The Morgan fingerprint density at radius 1 is 1.50 bits per heavy atom. The minimum atomic E-state index is -0.0165. The lowest BCUT2D eigenvalue weighted by Crippen LogP contribution is -2.43. The number of nitrogens with zero attached hydrogens (tertiary/aromatic N) is 1. The summed E-state index contributed by atoms with van der Waals surface area (Å²) >= 11 is 1.89. The van der Waals surface area contributed by atoms with E-state index in [0.29, 0.717) is 11.4 Å². The zero-order valence-electron chi connectivity index (χ0n) is 7.20. The van der Waals surface area contributed by atoms with E-state index < -0.39 is 0 Å². The van der Waals surface area contributed by atoms with Crippen LogP contribution in [0.3, 0.4) is 0 Å². The summed E-state index contributed by atoms with van der Waals surface area (Å²) < 4.78 is 0. The second-order valence-corrected chi connectivity index (χ2v) is 4.59. The quantitative estimate of drug-likeness (QED) is 0.553. The highest BCUT2D eigenvalue weighted by Crippen LogP contribution is 2.30. The molecule has 0 spiro atoms. The third-order valence-corrected chi connectivity index (χ3v) is 3.92. The van der Waals surface area contributed by atoms with Crippen LogP contribution in [-0.4, -0.2) is 48.2 Å². The molecule has 2 N–H and O–H groups in total. The summed E-state index contributed by atoms with van der Waals surface area (Å²) in [5.41, 5.74) is 0. The third kappa shape index (κ3) is 1.17. The predicted octanol–water partition coefficient (Wildman–Crippen LogP) is -0.329. The van der Waals surface area contributed by atoms with Gasteiger partial charge < -0.3 is 10.6 Å². The Labute approximate surface area is 76.1 Å². The molecule has 2 amide bonds. The Hall–Kier alpha value is -0.420. The van der Waals surface area contributed by atoms with Crippen LogP contribution in [0, 0.1) is 0 Å². The number of likely N-dealkylation sites (N-methyl/N-ethyl adjacent to an activating group) is 1. The van der Waals surface area contributed by atoms with Gasteiger partial charge in [-0.2, -0.15) is 0 Å². The number of thioether (sulfide) groups is 1. The van der Waals surface area contributed by atoms with Crippen molar-refractivity contribution in [1.82, 2.24) is 15.5 Å². The molecule has 0 aliphatic carbocycles. The van der Waals surface area contributed by atoms with E-state index in [4.69, 9.17) is 0 Å². The number of urea groups is 1. The molecular weight excluding hydrogens is 174 g/mol. The first-order valence-electron chi connectivity index (χ1n) is 4.03.